The molecule has 25 heavy (non-hydrogen) atoms. The normalized spacial score (nSPS) is 20.6. The molecule has 0 saturated heterocycles. The van der Waals surface area contributed by atoms with Gasteiger partial charge in [-0.05, 0) is 56.7 Å². The monoisotopic (exact) mass is 359 g/mol. The molecule has 0 unspecified atom stereocenters. The zero-order valence-corrected chi connectivity index (χ0v) is 15.5. The molecule has 1 aromatic carbocycles. The van der Waals surface area contributed by atoms with Crippen molar-refractivity contribution in [1.82, 2.24) is 19.6 Å². The largest absolute Gasteiger partial charge is 0.330 e. The van der Waals surface area contributed by atoms with Gasteiger partial charge in [0.25, 0.3) is 0 Å². The van der Waals surface area contributed by atoms with Crippen LogP contribution in [-0.4, -0.2) is 26.1 Å². The smallest absolute Gasteiger partial charge is 0.0929 e. The van der Waals surface area contributed by atoms with E-state index in [9.17, 15) is 0 Å². The molecule has 134 valence electrons. The van der Waals surface area contributed by atoms with Gasteiger partial charge in [0.2, 0.25) is 0 Å². The minimum Gasteiger partial charge on any atom is -0.330 e. The maximum absolute atomic E-state index is 5.80. The molecule has 0 radical (unpaired) electrons. The second-order valence-corrected chi connectivity index (χ2v) is 6.88. The van der Waals surface area contributed by atoms with E-state index in [1.165, 1.54) is 36.6 Å². The van der Waals surface area contributed by atoms with Crippen LogP contribution in [0.1, 0.15) is 38.6 Å². The predicted molar refractivity (Wildman–Crippen MR) is 104 cm³/mol. The second-order valence-electron chi connectivity index (χ2n) is 6.88. The van der Waals surface area contributed by atoms with Crippen LogP contribution in [0.2, 0.25) is 0 Å². The maximum Gasteiger partial charge on any atom is 0.0929 e. The Balaban J connectivity index is 0.00000182. The minimum absolute atomic E-state index is 0. The highest BCUT2D eigenvalue weighted by Gasteiger charge is 2.22. The molecule has 6 heteroatoms. The Labute approximate surface area is 154 Å². The molecule has 0 bridgehead atoms. The third-order valence-corrected chi connectivity index (χ3v) is 5.34. The first kappa shape index (κ1) is 18.0. The van der Waals surface area contributed by atoms with E-state index in [-0.39, 0.29) is 12.4 Å². The molecule has 2 aromatic heterocycles. The second kappa shape index (κ2) is 7.58. The molecule has 0 aliphatic heterocycles. The van der Waals surface area contributed by atoms with Crippen molar-refractivity contribution in [3.05, 3.63) is 36.8 Å². The fourth-order valence-electron chi connectivity index (χ4n) is 3.73. The molecule has 1 fully saturated rings. The van der Waals surface area contributed by atoms with Gasteiger partial charge in [-0.15, -0.1) is 12.4 Å². The number of halogens is 1. The minimum atomic E-state index is 0. The summed E-state index contributed by atoms with van der Waals surface area (Å²) in [6, 6.07) is 7.03. The Bertz CT molecular complexity index is 829. The molecule has 2 heterocycles. The third kappa shape index (κ3) is 3.58. The van der Waals surface area contributed by atoms with Crippen molar-refractivity contribution < 1.29 is 0 Å². The first-order valence-corrected chi connectivity index (χ1v) is 8.98. The van der Waals surface area contributed by atoms with E-state index >= 15 is 0 Å². The molecule has 4 rings (SSSR count). The van der Waals surface area contributed by atoms with Gasteiger partial charge in [-0.2, -0.15) is 10.2 Å². The number of fused-ring (bicyclic) bond motifs is 1. The average Bonchev–Trinajstić information content (AvgIpc) is 3.27. The molecule has 1 aliphatic rings. The SMILES string of the molecule is CCn1cc(-c2ccc3cn(C4CCC(CN)CC4)nc3c2)cn1.Cl. The zero-order valence-electron chi connectivity index (χ0n) is 14.6. The highest BCUT2D eigenvalue weighted by atomic mass is 35.5. The Morgan fingerprint density at radius 1 is 1.12 bits per heavy atom. The van der Waals surface area contributed by atoms with Crippen molar-refractivity contribution in [1.29, 1.82) is 0 Å². The summed E-state index contributed by atoms with van der Waals surface area (Å²) >= 11 is 0. The summed E-state index contributed by atoms with van der Waals surface area (Å²) in [5.41, 5.74) is 9.20. The van der Waals surface area contributed by atoms with Gasteiger partial charge < -0.3 is 5.73 Å². The number of nitrogens with two attached hydrogens (primary N) is 1. The first-order valence-electron chi connectivity index (χ1n) is 8.98. The molecule has 0 spiro atoms. The number of benzene rings is 1. The molecule has 1 saturated carbocycles. The van der Waals surface area contributed by atoms with E-state index < -0.39 is 0 Å². The molecule has 1 aliphatic carbocycles. The predicted octanol–water partition coefficient (Wildman–Crippen LogP) is 4.03. The van der Waals surface area contributed by atoms with Crippen molar-refractivity contribution in [2.45, 2.75) is 45.2 Å². The fourth-order valence-corrected chi connectivity index (χ4v) is 3.73. The van der Waals surface area contributed by atoms with Crippen molar-refractivity contribution in [3.63, 3.8) is 0 Å². The summed E-state index contributed by atoms with van der Waals surface area (Å²) < 4.78 is 4.13. The molecule has 0 atom stereocenters. The van der Waals surface area contributed by atoms with Gasteiger partial charge in [-0.3, -0.25) is 9.36 Å². The summed E-state index contributed by atoms with van der Waals surface area (Å²) in [4.78, 5) is 0. The Hall–Kier alpha value is -1.85. The lowest BCUT2D eigenvalue weighted by molar-refractivity contribution is 0.266. The van der Waals surface area contributed by atoms with Gasteiger partial charge in [-0.25, -0.2) is 0 Å². The van der Waals surface area contributed by atoms with Gasteiger partial charge in [0.05, 0.1) is 17.8 Å². The van der Waals surface area contributed by atoms with Gasteiger partial charge in [0, 0.05) is 29.9 Å². The van der Waals surface area contributed by atoms with E-state index in [0.717, 1.165) is 24.2 Å². The molecular weight excluding hydrogens is 334 g/mol. The van der Waals surface area contributed by atoms with Crippen LogP contribution in [0.4, 0.5) is 0 Å². The number of rotatable bonds is 4. The quantitative estimate of drug-likeness (QED) is 0.764. The van der Waals surface area contributed by atoms with E-state index in [2.05, 4.69) is 47.3 Å². The molecular formula is C19H26ClN5. The standard InChI is InChI=1S/C19H25N5.ClH/c1-2-23-12-17(11-21-23)15-5-6-16-13-24(22-19(16)9-15)18-7-3-14(10-20)4-8-18;/h5-6,9,11-14,18H,2-4,7-8,10,20H2,1H3;1H. The van der Waals surface area contributed by atoms with Gasteiger partial charge >= 0.3 is 0 Å². The lowest BCUT2D eigenvalue weighted by atomic mass is 9.86. The van der Waals surface area contributed by atoms with Crippen LogP contribution in [0.5, 0.6) is 0 Å². The van der Waals surface area contributed by atoms with Crippen LogP contribution in [0.25, 0.3) is 22.0 Å². The molecule has 0 amide bonds. The van der Waals surface area contributed by atoms with Gasteiger partial charge in [-0.1, -0.05) is 12.1 Å². The van der Waals surface area contributed by atoms with Crippen molar-refractivity contribution >= 4 is 23.3 Å². The van der Waals surface area contributed by atoms with E-state index in [0.29, 0.717) is 12.0 Å². The number of hydrogen-bond acceptors (Lipinski definition) is 3. The Morgan fingerprint density at radius 2 is 1.92 bits per heavy atom. The van der Waals surface area contributed by atoms with Crippen LogP contribution in [0, 0.1) is 5.92 Å². The van der Waals surface area contributed by atoms with E-state index in [4.69, 9.17) is 10.8 Å². The summed E-state index contributed by atoms with van der Waals surface area (Å²) in [7, 11) is 0. The van der Waals surface area contributed by atoms with Crippen LogP contribution in [0.3, 0.4) is 0 Å². The lowest BCUT2D eigenvalue weighted by Gasteiger charge is -2.27. The lowest BCUT2D eigenvalue weighted by Crippen LogP contribution is -2.23. The third-order valence-electron chi connectivity index (χ3n) is 5.34. The van der Waals surface area contributed by atoms with Crippen LogP contribution >= 0.6 is 12.4 Å². The molecule has 5 nitrogen and oxygen atoms in total. The summed E-state index contributed by atoms with van der Waals surface area (Å²) in [6.45, 7) is 3.81. The van der Waals surface area contributed by atoms with Crippen molar-refractivity contribution in [2.24, 2.45) is 11.7 Å². The van der Waals surface area contributed by atoms with E-state index in [1.807, 2.05) is 10.9 Å². The summed E-state index contributed by atoms with van der Waals surface area (Å²) in [6.07, 6.45) is 11.0. The van der Waals surface area contributed by atoms with Gasteiger partial charge in [0.15, 0.2) is 0 Å². The van der Waals surface area contributed by atoms with Crippen LogP contribution in [-0.2, 0) is 6.54 Å². The fraction of sp³-hybridized carbons (Fsp3) is 0.474. The molecule has 3 aromatic rings. The maximum atomic E-state index is 5.80. The number of aryl methyl sites for hydroxylation is 1. The van der Waals surface area contributed by atoms with Crippen molar-refractivity contribution in [3.8, 4) is 11.1 Å². The Morgan fingerprint density at radius 3 is 2.60 bits per heavy atom. The highest BCUT2D eigenvalue weighted by molar-refractivity contribution is 5.85. The number of aromatic nitrogens is 4. The number of hydrogen-bond donors (Lipinski definition) is 1. The van der Waals surface area contributed by atoms with E-state index in [1.54, 1.807) is 0 Å². The number of nitrogens with zero attached hydrogens (tertiary/aromatic N) is 4. The summed E-state index contributed by atoms with van der Waals surface area (Å²) in [5, 5.41) is 10.4. The summed E-state index contributed by atoms with van der Waals surface area (Å²) in [5.74, 6) is 0.702. The van der Waals surface area contributed by atoms with Crippen LogP contribution < -0.4 is 5.73 Å². The topological polar surface area (TPSA) is 61.7 Å². The Kier molecular flexibility index (Phi) is 5.45. The van der Waals surface area contributed by atoms with Crippen LogP contribution in [0.15, 0.2) is 36.8 Å². The average molecular weight is 360 g/mol. The molecule has 2 N–H and O–H groups in total. The van der Waals surface area contributed by atoms with Gasteiger partial charge in [0.1, 0.15) is 0 Å². The zero-order chi connectivity index (χ0) is 16.5. The first-order chi connectivity index (χ1) is 11.8. The van der Waals surface area contributed by atoms with Crippen molar-refractivity contribution in [2.75, 3.05) is 6.54 Å². The highest BCUT2D eigenvalue weighted by Crippen LogP contribution is 2.32.